The van der Waals surface area contributed by atoms with Crippen LogP contribution >= 0.6 is 0 Å². The maximum atomic E-state index is 13.5. The molecule has 0 N–H and O–H groups in total. The van der Waals surface area contributed by atoms with Gasteiger partial charge in [-0.25, -0.2) is 4.79 Å². The van der Waals surface area contributed by atoms with E-state index in [-0.39, 0.29) is 75.8 Å². The number of hydrogen-bond donors (Lipinski definition) is 0. The number of aryl methyl sites for hydroxylation is 4. The lowest BCUT2D eigenvalue weighted by Gasteiger charge is -2.25. The maximum Gasteiger partial charge on any atom is 0.333 e. The number of unbranched alkanes of at least 4 members (excludes halogenated alkanes) is 12. The molecule has 0 amide bonds. The molecule has 0 spiro atoms. The number of ether oxygens (including phenoxy) is 8. The van der Waals surface area contributed by atoms with Crippen LogP contribution in [0.2, 0.25) is 0 Å². The van der Waals surface area contributed by atoms with E-state index in [2.05, 4.69) is 82.8 Å². The molecule has 15 nitrogen and oxygen atoms in total. The van der Waals surface area contributed by atoms with E-state index in [0.717, 1.165) is 195 Å². The molecule has 1 aliphatic carbocycles. The van der Waals surface area contributed by atoms with E-state index in [1.807, 2.05) is 0 Å². The molecule has 97 heavy (non-hydrogen) atoms. The normalized spacial score (nSPS) is 12.3. The molecule has 8 bridgehead atoms. The van der Waals surface area contributed by atoms with Crippen molar-refractivity contribution in [1.82, 2.24) is 0 Å². The highest BCUT2D eigenvalue weighted by molar-refractivity contribution is 6.03. The summed E-state index contributed by atoms with van der Waals surface area (Å²) in [5.41, 5.74) is 7.64. The molecule has 0 radical (unpaired) electrons. The summed E-state index contributed by atoms with van der Waals surface area (Å²) in [6.07, 6.45) is 21.1. The summed E-state index contributed by atoms with van der Waals surface area (Å²) in [5, 5.41) is 0. The largest absolute Gasteiger partial charge is 0.489 e. The Bertz CT molecular complexity index is 3150. The molecule has 0 aliphatic heterocycles. The number of fused-ring (bicyclic) bond motifs is 8. The second-order valence-corrected chi connectivity index (χ2v) is 28.2. The highest BCUT2D eigenvalue weighted by Gasteiger charge is 2.37. The Morgan fingerprint density at radius 3 is 0.711 bits per heavy atom. The van der Waals surface area contributed by atoms with E-state index in [4.69, 9.17) is 37.9 Å². The van der Waals surface area contributed by atoms with Crippen LogP contribution in [0.15, 0.2) is 60.7 Å². The van der Waals surface area contributed by atoms with Crippen molar-refractivity contribution in [1.29, 1.82) is 0 Å². The van der Waals surface area contributed by atoms with Gasteiger partial charge in [0.1, 0.15) is 109 Å². The molecular formula is C82H116O15. The number of ketones is 3. The molecule has 0 atom stereocenters. The lowest BCUT2D eigenvalue weighted by Crippen LogP contribution is -2.34. The molecule has 4 aromatic carbocycles. The fourth-order valence-corrected chi connectivity index (χ4v) is 11.7. The SMILES string of the molecule is C=C(C)C(=O)OCCOc1c2cc(CCCCCC)cc1Cc1cc(CCCCCC)cc(c1OCCOC(=O)C(C)(C)C(C)=O)Cc1cc(CCCCCC)cc(c1OCCOC(=O)C(C)(C)C(C)=O)Cc1cc(CCCCCC)cc(c1OCCOC(=O)C(C)(C)C(C)=O)C2. The van der Waals surface area contributed by atoms with Crippen molar-refractivity contribution in [3.63, 3.8) is 0 Å². The smallest absolute Gasteiger partial charge is 0.333 e. The van der Waals surface area contributed by atoms with Crippen molar-refractivity contribution in [2.45, 2.75) is 251 Å². The van der Waals surface area contributed by atoms with Gasteiger partial charge in [-0.15, -0.1) is 0 Å². The van der Waals surface area contributed by atoms with E-state index in [1.165, 1.54) is 20.8 Å². The second-order valence-electron chi connectivity index (χ2n) is 28.2. The van der Waals surface area contributed by atoms with Gasteiger partial charge in [-0.2, -0.15) is 0 Å². The van der Waals surface area contributed by atoms with Crippen molar-refractivity contribution < 1.29 is 71.5 Å². The number of esters is 4. The van der Waals surface area contributed by atoms with E-state index >= 15 is 0 Å². The molecule has 0 fully saturated rings. The van der Waals surface area contributed by atoms with E-state index < -0.39 is 40.1 Å². The third-order valence-electron chi connectivity index (χ3n) is 18.8. The number of rotatable bonds is 43. The van der Waals surface area contributed by atoms with Crippen LogP contribution in [-0.4, -0.2) is 94.1 Å². The highest BCUT2D eigenvalue weighted by atomic mass is 16.6. The number of hydrogen-bond acceptors (Lipinski definition) is 15. The van der Waals surface area contributed by atoms with Gasteiger partial charge in [-0.05, 0) is 187 Å². The first-order valence-corrected chi connectivity index (χ1v) is 36.2. The maximum absolute atomic E-state index is 13.5. The van der Waals surface area contributed by atoms with Crippen molar-refractivity contribution in [3.8, 4) is 23.0 Å². The van der Waals surface area contributed by atoms with Gasteiger partial charge in [0.05, 0.1) is 0 Å². The minimum absolute atomic E-state index is 0.0306. The van der Waals surface area contributed by atoms with Crippen LogP contribution in [0.5, 0.6) is 23.0 Å². The molecule has 0 aromatic heterocycles. The summed E-state index contributed by atoms with van der Waals surface area (Å²) < 4.78 is 51.4. The zero-order valence-corrected chi connectivity index (χ0v) is 61.6. The summed E-state index contributed by atoms with van der Waals surface area (Å²) >= 11 is 0. The lowest BCUT2D eigenvalue weighted by molar-refractivity contribution is -0.159. The van der Waals surface area contributed by atoms with Crippen molar-refractivity contribution >= 4 is 41.2 Å². The van der Waals surface area contributed by atoms with Gasteiger partial charge in [0.2, 0.25) is 0 Å². The van der Waals surface area contributed by atoms with Crippen LogP contribution in [-0.2, 0) is 104 Å². The minimum Gasteiger partial charge on any atom is -0.489 e. The van der Waals surface area contributed by atoms with Gasteiger partial charge in [0, 0.05) is 31.3 Å². The molecular weight excluding hydrogens is 1220 g/mol. The summed E-state index contributed by atoms with van der Waals surface area (Å²) in [5.74, 6) is -0.986. The Balaban J connectivity index is 1.96. The summed E-state index contributed by atoms with van der Waals surface area (Å²) in [6, 6.07) is 17.9. The molecule has 5 rings (SSSR count). The van der Waals surface area contributed by atoms with Crippen LogP contribution < -0.4 is 18.9 Å². The number of carbonyl (C=O) groups excluding carboxylic acids is 7. The standard InChI is InChI=1S/C82H116O15/c1-16-20-24-28-32-60-44-64-52-66-46-61(33-29-25-21-17-2)48-68(73(66)91-37-41-95-77(87)80(10,11)57(7)83)54-70-50-63(35-31-27-23-19-4)51-71(75(70)93-39-43-97-79(89)82(14,15)59(9)85)55-69-49-62(34-30-26-22-18-3)47-67(74(69)92-38-42-96-78(88)81(12,13)58(8)84)53-65(45-60)72(64)90-36-40-94-76(86)56(5)6/h44-51H,5,16-43,52-55H2,1-4,6-15H3. The first kappa shape index (κ1) is 80.4. The summed E-state index contributed by atoms with van der Waals surface area (Å²) in [7, 11) is 0. The number of Topliss-reactive ketones (excluding diaryl/α,β-unsaturated/α-hetero) is 3. The Labute approximate surface area is 580 Å². The van der Waals surface area contributed by atoms with E-state index in [9.17, 15) is 33.6 Å². The van der Waals surface area contributed by atoms with Gasteiger partial charge >= 0.3 is 23.9 Å². The number of carbonyl (C=O) groups is 7. The predicted octanol–water partition coefficient (Wildman–Crippen LogP) is 17.0. The fraction of sp³-hybridized carbons (Fsp3) is 0.598. The zero-order chi connectivity index (χ0) is 71.3. The first-order chi connectivity index (χ1) is 46.2. The molecule has 15 heteroatoms. The van der Waals surface area contributed by atoms with Gasteiger partial charge in [0.25, 0.3) is 0 Å². The molecule has 1 aliphatic rings. The van der Waals surface area contributed by atoms with Gasteiger partial charge in [-0.1, -0.05) is 160 Å². The zero-order valence-electron chi connectivity index (χ0n) is 61.6. The van der Waals surface area contributed by atoms with Crippen LogP contribution in [0.1, 0.15) is 266 Å². The Kier molecular flexibility index (Phi) is 33.1. The molecule has 4 aromatic rings. The van der Waals surface area contributed by atoms with Crippen LogP contribution in [0.4, 0.5) is 0 Å². The van der Waals surface area contributed by atoms with Crippen LogP contribution in [0.25, 0.3) is 0 Å². The van der Waals surface area contributed by atoms with E-state index in [0.29, 0.717) is 48.7 Å². The average Bonchev–Trinajstić information content (AvgIpc) is 0.785. The fourth-order valence-electron chi connectivity index (χ4n) is 11.7. The van der Waals surface area contributed by atoms with Crippen LogP contribution in [0, 0.1) is 16.2 Å². The van der Waals surface area contributed by atoms with Crippen molar-refractivity contribution in [3.05, 3.63) is 127 Å². The van der Waals surface area contributed by atoms with Crippen molar-refractivity contribution in [2.24, 2.45) is 16.2 Å². The summed E-state index contributed by atoms with van der Waals surface area (Å²) in [4.78, 5) is 91.5. The second kappa shape index (κ2) is 39.9. The molecule has 534 valence electrons. The summed E-state index contributed by atoms with van der Waals surface area (Å²) in [6.45, 7) is 27.2. The topological polar surface area (TPSA) is 193 Å². The first-order valence-electron chi connectivity index (χ1n) is 36.2. The van der Waals surface area contributed by atoms with E-state index in [1.54, 1.807) is 48.5 Å². The average molecular weight is 1340 g/mol. The van der Waals surface area contributed by atoms with Gasteiger partial charge in [0.15, 0.2) is 0 Å². The Hall–Kier alpha value is -7.29. The number of benzene rings is 4. The molecule has 0 unspecified atom stereocenters. The quantitative estimate of drug-likeness (QED) is 0.0118. The van der Waals surface area contributed by atoms with Crippen LogP contribution in [0.3, 0.4) is 0 Å². The third-order valence-corrected chi connectivity index (χ3v) is 18.8. The van der Waals surface area contributed by atoms with Crippen molar-refractivity contribution in [2.75, 3.05) is 52.9 Å². The predicted molar refractivity (Wildman–Crippen MR) is 382 cm³/mol. The molecule has 0 saturated heterocycles. The van der Waals surface area contributed by atoms with Gasteiger partial charge < -0.3 is 37.9 Å². The Morgan fingerprint density at radius 1 is 0.320 bits per heavy atom. The highest BCUT2D eigenvalue weighted by Crippen LogP contribution is 2.42. The minimum atomic E-state index is -1.36. The van der Waals surface area contributed by atoms with Gasteiger partial charge in [-0.3, -0.25) is 28.8 Å². The third kappa shape index (κ3) is 24.6. The Morgan fingerprint density at radius 2 is 0.526 bits per heavy atom. The monoisotopic (exact) mass is 1340 g/mol. The molecule has 0 heterocycles. The lowest BCUT2D eigenvalue weighted by atomic mass is 9.87. The molecule has 0 saturated carbocycles.